The molecular weight excluding hydrogens is 344 g/mol. The van der Waals surface area contributed by atoms with E-state index in [1.54, 1.807) is 0 Å². The molecule has 2 N–H and O–H groups in total. The van der Waals surface area contributed by atoms with E-state index >= 15 is 0 Å². The highest BCUT2D eigenvalue weighted by atomic mass is 16.2. The Morgan fingerprint density at radius 1 is 1.04 bits per heavy atom. The van der Waals surface area contributed by atoms with E-state index in [-0.39, 0.29) is 11.9 Å². The Hall–Kier alpha value is -2.57. The van der Waals surface area contributed by atoms with Crippen LogP contribution in [0.15, 0.2) is 54.6 Å². The molecule has 2 aromatic carbocycles. The second-order valence-corrected chi connectivity index (χ2v) is 7.68. The van der Waals surface area contributed by atoms with Gasteiger partial charge in [-0.2, -0.15) is 0 Å². The van der Waals surface area contributed by atoms with Gasteiger partial charge in [-0.1, -0.05) is 55.5 Å². The summed E-state index contributed by atoms with van der Waals surface area (Å²) >= 11 is 0. The van der Waals surface area contributed by atoms with Crippen molar-refractivity contribution in [1.82, 2.24) is 4.90 Å². The quantitative estimate of drug-likeness (QED) is 0.804. The number of rotatable bonds is 5. The highest BCUT2D eigenvalue weighted by Crippen LogP contribution is 2.22. The molecular formula is C25H30N2O. The topological polar surface area (TPSA) is 46.3 Å². The molecule has 1 aliphatic heterocycles. The lowest BCUT2D eigenvalue weighted by molar-refractivity contribution is -0.134. The smallest absolute Gasteiger partial charge is 0.239 e. The van der Waals surface area contributed by atoms with Crippen LogP contribution in [0.3, 0.4) is 0 Å². The van der Waals surface area contributed by atoms with E-state index in [0.29, 0.717) is 5.92 Å². The average Bonchev–Trinajstić information content (AvgIpc) is 2.74. The Balaban J connectivity index is 1.49. The molecule has 0 spiro atoms. The van der Waals surface area contributed by atoms with Gasteiger partial charge in [-0.25, -0.2) is 0 Å². The zero-order valence-electron chi connectivity index (χ0n) is 16.7. The predicted molar refractivity (Wildman–Crippen MR) is 115 cm³/mol. The summed E-state index contributed by atoms with van der Waals surface area (Å²) in [5.74, 6) is 7.18. The number of carbonyl (C=O) groups excluding carboxylic acids is 1. The molecule has 3 rings (SSSR count). The molecule has 0 aliphatic carbocycles. The molecule has 3 nitrogen and oxygen atoms in total. The van der Waals surface area contributed by atoms with Crippen molar-refractivity contribution < 1.29 is 4.79 Å². The molecule has 0 aromatic heterocycles. The SMILES string of the molecule is CCC[C@@H](N)C(=O)N1CCC(Cc2ccc(C#Cc3ccccc3)cc2)CC1. The minimum atomic E-state index is -0.328. The van der Waals surface area contributed by atoms with Gasteiger partial charge in [0.15, 0.2) is 0 Å². The molecule has 3 heteroatoms. The van der Waals surface area contributed by atoms with Crippen LogP contribution in [0.5, 0.6) is 0 Å². The second kappa shape index (κ2) is 10.1. The van der Waals surface area contributed by atoms with Crippen molar-refractivity contribution in [2.45, 2.75) is 45.1 Å². The lowest BCUT2D eigenvalue weighted by Crippen LogP contribution is -2.47. The summed E-state index contributed by atoms with van der Waals surface area (Å²) in [6.45, 7) is 3.74. The molecule has 0 unspecified atom stereocenters. The standard InChI is InChI=1S/C25H30N2O/c1-2-6-24(26)25(28)27-17-15-23(16-18-27)19-22-13-11-21(12-14-22)10-9-20-7-4-3-5-8-20/h3-5,7-8,11-14,23-24H,2,6,15-19,26H2,1H3/t24-/m1/s1. The van der Waals surface area contributed by atoms with Crippen LogP contribution in [-0.4, -0.2) is 29.9 Å². The van der Waals surface area contributed by atoms with E-state index in [0.717, 1.165) is 56.3 Å². The molecule has 0 saturated carbocycles. The van der Waals surface area contributed by atoms with Crippen molar-refractivity contribution in [2.24, 2.45) is 11.7 Å². The lowest BCUT2D eigenvalue weighted by atomic mass is 9.89. The maximum absolute atomic E-state index is 12.3. The molecule has 146 valence electrons. The van der Waals surface area contributed by atoms with Crippen LogP contribution in [0.2, 0.25) is 0 Å². The Bertz CT molecular complexity index is 809. The largest absolute Gasteiger partial charge is 0.341 e. The molecule has 1 heterocycles. The number of piperidine rings is 1. The number of likely N-dealkylation sites (tertiary alicyclic amines) is 1. The first-order valence-electron chi connectivity index (χ1n) is 10.4. The second-order valence-electron chi connectivity index (χ2n) is 7.68. The summed E-state index contributed by atoms with van der Waals surface area (Å²) in [6, 6.07) is 18.3. The van der Waals surface area contributed by atoms with Gasteiger partial charge in [-0.15, -0.1) is 0 Å². The van der Waals surface area contributed by atoms with Gasteiger partial charge in [0.2, 0.25) is 5.91 Å². The highest BCUT2D eigenvalue weighted by Gasteiger charge is 2.25. The molecule has 0 radical (unpaired) electrons. The molecule has 1 fully saturated rings. The van der Waals surface area contributed by atoms with Gasteiger partial charge in [-0.05, 0) is 61.4 Å². The normalized spacial score (nSPS) is 15.6. The van der Waals surface area contributed by atoms with Crippen molar-refractivity contribution in [1.29, 1.82) is 0 Å². The number of benzene rings is 2. The number of hydrogen-bond acceptors (Lipinski definition) is 2. The molecule has 1 saturated heterocycles. The molecule has 1 aliphatic rings. The van der Waals surface area contributed by atoms with E-state index in [9.17, 15) is 4.79 Å². The van der Waals surface area contributed by atoms with Crippen molar-refractivity contribution in [3.05, 3.63) is 71.3 Å². The molecule has 28 heavy (non-hydrogen) atoms. The summed E-state index contributed by atoms with van der Waals surface area (Å²) < 4.78 is 0. The van der Waals surface area contributed by atoms with E-state index < -0.39 is 0 Å². The fourth-order valence-corrected chi connectivity index (χ4v) is 3.75. The number of amides is 1. The minimum Gasteiger partial charge on any atom is -0.341 e. The summed E-state index contributed by atoms with van der Waals surface area (Å²) in [5, 5.41) is 0. The van der Waals surface area contributed by atoms with Crippen molar-refractivity contribution >= 4 is 5.91 Å². The van der Waals surface area contributed by atoms with Crippen LogP contribution in [-0.2, 0) is 11.2 Å². The van der Waals surface area contributed by atoms with Crippen LogP contribution in [0.4, 0.5) is 0 Å². The monoisotopic (exact) mass is 374 g/mol. The first-order valence-corrected chi connectivity index (χ1v) is 10.4. The molecule has 0 bridgehead atoms. The van der Waals surface area contributed by atoms with Crippen LogP contribution in [0.25, 0.3) is 0 Å². The fourth-order valence-electron chi connectivity index (χ4n) is 3.75. The maximum Gasteiger partial charge on any atom is 0.239 e. The fraction of sp³-hybridized carbons (Fsp3) is 0.400. The third-order valence-corrected chi connectivity index (χ3v) is 5.45. The summed E-state index contributed by atoms with van der Waals surface area (Å²) in [7, 11) is 0. The first-order chi connectivity index (χ1) is 13.7. The van der Waals surface area contributed by atoms with Crippen LogP contribution >= 0.6 is 0 Å². The Morgan fingerprint density at radius 2 is 1.64 bits per heavy atom. The third kappa shape index (κ3) is 5.71. The van der Waals surface area contributed by atoms with Crippen molar-refractivity contribution in [3.63, 3.8) is 0 Å². The van der Waals surface area contributed by atoms with Gasteiger partial charge in [0.1, 0.15) is 0 Å². The average molecular weight is 375 g/mol. The Labute approximate surface area is 168 Å². The summed E-state index contributed by atoms with van der Waals surface area (Å²) in [5.41, 5.74) is 9.41. The van der Waals surface area contributed by atoms with E-state index in [2.05, 4.69) is 43.0 Å². The summed E-state index contributed by atoms with van der Waals surface area (Å²) in [4.78, 5) is 14.3. The Morgan fingerprint density at radius 3 is 2.25 bits per heavy atom. The van der Waals surface area contributed by atoms with E-state index in [4.69, 9.17) is 5.73 Å². The lowest BCUT2D eigenvalue weighted by Gasteiger charge is -2.33. The van der Waals surface area contributed by atoms with Crippen LogP contribution < -0.4 is 5.73 Å². The predicted octanol–water partition coefficient (Wildman–Crippen LogP) is 3.99. The molecule has 1 amide bonds. The number of nitrogens with zero attached hydrogens (tertiary/aromatic N) is 1. The number of nitrogens with two attached hydrogens (primary N) is 1. The van der Waals surface area contributed by atoms with E-state index in [1.807, 2.05) is 35.2 Å². The van der Waals surface area contributed by atoms with Gasteiger partial charge >= 0.3 is 0 Å². The van der Waals surface area contributed by atoms with E-state index in [1.165, 1.54) is 5.56 Å². The Kier molecular flexibility index (Phi) is 7.28. The van der Waals surface area contributed by atoms with Gasteiger partial charge in [0.05, 0.1) is 6.04 Å². The zero-order chi connectivity index (χ0) is 19.8. The highest BCUT2D eigenvalue weighted by molar-refractivity contribution is 5.81. The van der Waals surface area contributed by atoms with Crippen LogP contribution in [0.1, 0.15) is 49.3 Å². The molecule has 2 aromatic rings. The first kappa shape index (κ1) is 20.2. The van der Waals surface area contributed by atoms with Crippen molar-refractivity contribution in [3.8, 4) is 11.8 Å². The van der Waals surface area contributed by atoms with Crippen LogP contribution in [0, 0.1) is 17.8 Å². The van der Waals surface area contributed by atoms with Gasteiger partial charge in [-0.3, -0.25) is 4.79 Å². The van der Waals surface area contributed by atoms with Gasteiger partial charge in [0, 0.05) is 24.2 Å². The number of carbonyl (C=O) groups is 1. The summed E-state index contributed by atoms with van der Waals surface area (Å²) in [6.07, 6.45) is 4.91. The third-order valence-electron chi connectivity index (χ3n) is 5.45. The van der Waals surface area contributed by atoms with Gasteiger partial charge in [0.25, 0.3) is 0 Å². The minimum absolute atomic E-state index is 0.127. The van der Waals surface area contributed by atoms with Gasteiger partial charge < -0.3 is 10.6 Å². The number of hydrogen-bond donors (Lipinski definition) is 1. The molecule has 1 atom stereocenters. The van der Waals surface area contributed by atoms with Crippen molar-refractivity contribution in [2.75, 3.05) is 13.1 Å². The zero-order valence-corrected chi connectivity index (χ0v) is 16.7. The maximum atomic E-state index is 12.3.